The Balaban J connectivity index is 0.00000484. The van der Waals surface area contributed by atoms with E-state index in [0.29, 0.717) is 5.69 Å². The Morgan fingerprint density at radius 2 is 1.83 bits per heavy atom. The van der Waals surface area contributed by atoms with E-state index < -0.39 is 12.7 Å². The first-order valence-corrected chi connectivity index (χ1v) is 6.67. The summed E-state index contributed by atoms with van der Waals surface area (Å²) in [5.41, 5.74) is 6.75. The van der Waals surface area contributed by atoms with Crippen molar-refractivity contribution in [2.75, 3.05) is 11.9 Å². The molecule has 4 N–H and O–H groups in total. The predicted molar refractivity (Wildman–Crippen MR) is 94.7 cm³/mol. The highest BCUT2D eigenvalue weighted by molar-refractivity contribution is 14.0. The van der Waals surface area contributed by atoms with E-state index in [-0.39, 0.29) is 48.3 Å². The molecule has 0 aliphatic carbocycles. The number of benzene rings is 1. The molecule has 1 amide bonds. The molecule has 0 aromatic heterocycles. The maximum Gasteiger partial charge on any atom is 0.405 e. The molecule has 0 fully saturated rings. The number of alkyl halides is 3. The van der Waals surface area contributed by atoms with Gasteiger partial charge in [-0.3, -0.25) is 4.79 Å². The van der Waals surface area contributed by atoms with Gasteiger partial charge in [-0.2, -0.15) is 13.2 Å². The van der Waals surface area contributed by atoms with E-state index in [1.165, 1.54) is 0 Å². The normalized spacial score (nSPS) is 11.8. The van der Waals surface area contributed by atoms with Gasteiger partial charge in [0.15, 0.2) is 5.96 Å². The smallest absolute Gasteiger partial charge is 0.370 e. The molecule has 0 spiro atoms. The zero-order valence-electron chi connectivity index (χ0n) is 12.8. The number of hydrogen-bond donors (Lipinski definition) is 3. The molecule has 1 aromatic carbocycles. The molecule has 1 aromatic rings. The van der Waals surface area contributed by atoms with Crippen LogP contribution in [-0.4, -0.2) is 24.6 Å². The fourth-order valence-corrected chi connectivity index (χ4v) is 1.40. The first-order valence-electron chi connectivity index (χ1n) is 6.67. The first kappa shape index (κ1) is 21.5. The fraction of sp³-hybridized carbons (Fsp3) is 0.429. The van der Waals surface area contributed by atoms with Crippen LogP contribution in [0.5, 0.6) is 0 Å². The van der Waals surface area contributed by atoms with Gasteiger partial charge in [0.25, 0.3) is 0 Å². The molecule has 0 bridgehead atoms. The largest absolute Gasteiger partial charge is 0.405 e. The first-order chi connectivity index (χ1) is 10.2. The zero-order valence-corrected chi connectivity index (χ0v) is 15.1. The summed E-state index contributed by atoms with van der Waals surface area (Å²) in [5, 5.41) is 4.72. The number of nitrogens with two attached hydrogens (primary N) is 1. The third-order valence-corrected chi connectivity index (χ3v) is 2.65. The lowest BCUT2D eigenvalue weighted by Crippen LogP contribution is -2.38. The van der Waals surface area contributed by atoms with Gasteiger partial charge in [-0.25, -0.2) is 4.99 Å². The highest BCUT2D eigenvalue weighted by atomic mass is 127. The zero-order chi connectivity index (χ0) is 16.8. The summed E-state index contributed by atoms with van der Waals surface area (Å²) < 4.78 is 35.9. The Morgan fingerprint density at radius 1 is 1.26 bits per heavy atom. The van der Waals surface area contributed by atoms with Gasteiger partial charge in [0.05, 0.1) is 6.54 Å². The van der Waals surface area contributed by atoms with Crippen molar-refractivity contribution in [2.45, 2.75) is 26.6 Å². The van der Waals surface area contributed by atoms with Crippen LogP contribution in [-0.2, 0) is 11.3 Å². The summed E-state index contributed by atoms with van der Waals surface area (Å²) in [5.74, 6) is -0.482. The number of rotatable bonds is 5. The Bertz CT molecular complexity index is 530. The molecule has 0 unspecified atom stereocenters. The van der Waals surface area contributed by atoms with Gasteiger partial charge in [-0.15, -0.1) is 24.0 Å². The number of carbonyl (C=O) groups excluding carboxylic acids is 1. The van der Waals surface area contributed by atoms with Gasteiger partial charge in [0, 0.05) is 11.6 Å². The topological polar surface area (TPSA) is 79.5 Å². The van der Waals surface area contributed by atoms with Gasteiger partial charge in [0.1, 0.15) is 6.54 Å². The summed E-state index contributed by atoms with van der Waals surface area (Å²) in [6, 6.07) is 6.84. The molecular weight excluding hydrogens is 424 g/mol. The number of nitrogens with one attached hydrogen (secondary N) is 2. The summed E-state index contributed by atoms with van der Waals surface area (Å²) >= 11 is 0. The van der Waals surface area contributed by atoms with Gasteiger partial charge >= 0.3 is 6.18 Å². The predicted octanol–water partition coefficient (Wildman–Crippen LogP) is 2.87. The standard InChI is InChI=1S/C14H19F3N4O.HI/c1-9(2)12(22)21-11-5-3-10(4-6-11)7-19-13(18)20-8-14(15,16)17;/h3-6,9H,7-8H2,1-2H3,(H,21,22)(H3,18,19,20);1H. The second-order valence-electron chi connectivity index (χ2n) is 5.01. The van der Waals surface area contributed by atoms with Crippen molar-refractivity contribution in [1.82, 2.24) is 5.32 Å². The molecule has 0 saturated heterocycles. The summed E-state index contributed by atoms with van der Waals surface area (Å²) in [4.78, 5) is 15.3. The molecular formula is C14H20F3IN4O. The Hall–Kier alpha value is -1.52. The molecule has 0 saturated carbocycles. The third kappa shape index (κ3) is 9.26. The molecule has 23 heavy (non-hydrogen) atoms. The van der Waals surface area contributed by atoms with Crippen molar-refractivity contribution in [2.24, 2.45) is 16.6 Å². The minimum Gasteiger partial charge on any atom is -0.370 e. The van der Waals surface area contributed by atoms with Gasteiger partial charge in [0.2, 0.25) is 5.91 Å². The molecule has 5 nitrogen and oxygen atoms in total. The number of anilines is 1. The number of carbonyl (C=O) groups is 1. The molecule has 9 heteroatoms. The van der Waals surface area contributed by atoms with Crippen molar-refractivity contribution < 1.29 is 18.0 Å². The highest BCUT2D eigenvalue weighted by Gasteiger charge is 2.26. The van der Waals surface area contributed by atoms with Crippen LogP contribution < -0.4 is 16.4 Å². The van der Waals surface area contributed by atoms with Crippen molar-refractivity contribution in [3.8, 4) is 0 Å². The molecule has 0 aliphatic heterocycles. The second kappa shape index (κ2) is 9.58. The van der Waals surface area contributed by atoms with Crippen LogP contribution in [0.25, 0.3) is 0 Å². The maximum absolute atomic E-state index is 12.0. The lowest BCUT2D eigenvalue weighted by atomic mass is 10.2. The van der Waals surface area contributed by atoms with E-state index in [1.54, 1.807) is 38.1 Å². The van der Waals surface area contributed by atoms with Gasteiger partial charge < -0.3 is 16.4 Å². The van der Waals surface area contributed by atoms with Crippen LogP contribution in [0.15, 0.2) is 29.3 Å². The van der Waals surface area contributed by atoms with Crippen LogP contribution >= 0.6 is 24.0 Å². The lowest BCUT2D eigenvalue weighted by Gasteiger charge is -2.09. The van der Waals surface area contributed by atoms with E-state index in [9.17, 15) is 18.0 Å². The molecule has 130 valence electrons. The minimum absolute atomic E-state index is 0. The summed E-state index contributed by atoms with van der Waals surface area (Å²) in [7, 11) is 0. The molecule has 1 rings (SSSR count). The van der Waals surface area contributed by atoms with E-state index in [1.807, 2.05) is 5.32 Å². The van der Waals surface area contributed by atoms with Crippen LogP contribution in [0.4, 0.5) is 18.9 Å². The maximum atomic E-state index is 12.0. The fourth-order valence-electron chi connectivity index (χ4n) is 1.40. The highest BCUT2D eigenvalue weighted by Crippen LogP contribution is 2.13. The van der Waals surface area contributed by atoms with Crippen LogP contribution in [0.2, 0.25) is 0 Å². The van der Waals surface area contributed by atoms with Crippen LogP contribution in [0, 0.1) is 5.92 Å². The van der Waals surface area contributed by atoms with Crippen molar-refractivity contribution >= 4 is 41.5 Å². The van der Waals surface area contributed by atoms with E-state index in [4.69, 9.17) is 5.73 Å². The third-order valence-electron chi connectivity index (χ3n) is 2.65. The van der Waals surface area contributed by atoms with E-state index in [0.717, 1.165) is 5.56 Å². The number of amides is 1. The quantitative estimate of drug-likeness (QED) is 0.371. The van der Waals surface area contributed by atoms with E-state index in [2.05, 4.69) is 10.3 Å². The number of guanidine groups is 1. The minimum atomic E-state index is -4.34. The average Bonchev–Trinajstić information content (AvgIpc) is 2.43. The second-order valence-corrected chi connectivity index (χ2v) is 5.01. The molecule has 0 atom stereocenters. The Labute approximate surface area is 149 Å². The summed E-state index contributed by atoms with van der Waals surface area (Å²) in [6.07, 6.45) is -4.34. The van der Waals surface area contributed by atoms with Crippen LogP contribution in [0.1, 0.15) is 19.4 Å². The lowest BCUT2D eigenvalue weighted by molar-refractivity contribution is -0.122. The Morgan fingerprint density at radius 3 is 2.30 bits per heavy atom. The summed E-state index contributed by atoms with van der Waals surface area (Å²) in [6.45, 7) is 2.50. The molecule has 0 radical (unpaired) electrons. The number of aliphatic imine (C=N–C) groups is 1. The molecule has 0 heterocycles. The van der Waals surface area contributed by atoms with Crippen molar-refractivity contribution in [3.05, 3.63) is 29.8 Å². The monoisotopic (exact) mass is 444 g/mol. The SMILES string of the molecule is CC(C)C(=O)Nc1ccc(CN=C(N)NCC(F)(F)F)cc1.I. The van der Waals surface area contributed by atoms with E-state index >= 15 is 0 Å². The van der Waals surface area contributed by atoms with Gasteiger partial charge in [-0.1, -0.05) is 26.0 Å². The van der Waals surface area contributed by atoms with Crippen molar-refractivity contribution in [1.29, 1.82) is 0 Å². The van der Waals surface area contributed by atoms with Gasteiger partial charge in [-0.05, 0) is 17.7 Å². The number of nitrogens with zero attached hydrogens (tertiary/aromatic N) is 1. The average molecular weight is 444 g/mol. The number of halogens is 4. The Kier molecular flexibility index (Phi) is 8.95. The van der Waals surface area contributed by atoms with Crippen molar-refractivity contribution in [3.63, 3.8) is 0 Å². The number of hydrogen-bond acceptors (Lipinski definition) is 2. The van der Waals surface area contributed by atoms with Crippen LogP contribution in [0.3, 0.4) is 0 Å². The molecule has 0 aliphatic rings.